The van der Waals surface area contributed by atoms with Crippen LogP contribution in [0, 0.1) is 15.3 Å². The first-order chi connectivity index (χ1) is 13.9. The summed E-state index contributed by atoms with van der Waals surface area (Å²) in [6.45, 7) is 0. The summed E-state index contributed by atoms with van der Waals surface area (Å²) in [4.78, 5) is 10.8. The van der Waals surface area contributed by atoms with Gasteiger partial charge in [-0.3, -0.25) is 10.1 Å². The molecule has 2 aromatic heterocycles. The van der Waals surface area contributed by atoms with E-state index in [4.69, 9.17) is 32.4 Å². The molecule has 0 aliphatic rings. The molecule has 0 unspecified atom stereocenters. The molecule has 0 atom stereocenters. The van der Waals surface area contributed by atoms with Crippen LogP contribution in [-0.4, -0.2) is 12.0 Å². The number of rotatable bonds is 5. The summed E-state index contributed by atoms with van der Waals surface area (Å²) in [5.74, 6) is 0.533. The second-order valence-electron chi connectivity index (χ2n) is 6.46. The normalized spacial score (nSPS) is 11.3. The van der Waals surface area contributed by atoms with E-state index in [1.165, 1.54) is 31.6 Å². The van der Waals surface area contributed by atoms with Crippen molar-refractivity contribution in [3.8, 4) is 5.75 Å². The van der Waals surface area contributed by atoms with Gasteiger partial charge in [0.1, 0.15) is 15.6 Å². The molecule has 0 fully saturated rings. The molecule has 9 heteroatoms. The Morgan fingerprint density at radius 3 is 2.52 bits per heavy atom. The molecular formula is C20H14Cl2N2O5. The van der Waals surface area contributed by atoms with E-state index in [-0.39, 0.29) is 15.7 Å². The molecule has 0 amide bonds. The number of aromatic nitrogens is 1. The maximum absolute atomic E-state index is 11.4. The topological polar surface area (TPSA) is 92.5 Å². The van der Waals surface area contributed by atoms with Crippen LogP contribution in [-0.2, 0) is 12.8 Å². The van der Waals surface area contributed by atoms with Gasteiger partial charge < -0.3 is 14.4 Å². The number of hydrogen-bond acceptors (Lipinski definition) is 5. The average molecular weight is 433 g/mol. The number of ether oxygens (including phenoxy) is 1. The van der Waals surface area contributed by atoms with Crippen molar-refractivity contribution in [3.63, 3.8) is 0 Å². The summed E-state index contributed by atoms with van der Waals surface area (Å²) >= 11 is 12.4. The molecule has 0 aliphatic heterocycles. The van der Waals surface area contributed by atoms with E-state index in [0.717, 1.165) is 10.9 Å². The van der Waals surface area contributed by atoms with E-state index in [1.54, 1.807) is 12.1 Å². The molecule has 4 aromatic rings. The SMILES string of the molecule is COc1ccc(CCc2c(Cl)c[n+]([O-])cc2Cl)c2c1oc1ccc([N+](=O)[O-])cc12. The summed E-state index contributed by atoms with van der Waals surface area (Å²) in [5.41, 5.74) is 2.57. The zero-order chi connectivity index (χ0) is 20.7. The number of methoxy groups -OCH3 is 1. The van der Waals surface area contributed by atoms with E-state index >= 15 is 0 Å². The Balaban J connectivity index is 1.85. The first kappa shape index (κ1) is 19.3. The first-order valence-electron chi connectivity index (χ1n) is 8.62. The van der Waals surface area contributed by atoms with Crippen molar-refractivity contribution in [2.24, 2.45) is 0 Å². The number of pyridine rings is 1. The maximum Gasteiger partial charge on any atom is 0.270 e. The van der Waals surface area contributed by atoms with Crippen LogP contribution in [0.4, 0.5) is 5.69 Å². The summed E-state index contributed by atoms with van der Waals surface area (Å²) < 4.78 is 11.9. The van der Waals surface area contributed by atoms with Crippen molar-refractivity contribution >= 4 is 50.8 Å². The standard InChI is InChI=1S/C20H14Cl2N2O5/c1-28-18-6-3-11(2-5-13-15(21)9-23(25)10-16(13)22)19-14-8-12(24(26)27)4-7-17(14)29-20(18)19/h3-4,6-10H,2,5H2,1H3. The van der Waals surface area contributed by atoms with Gasteiger partial charge >= 0.3 is 0 Å². The highest BCUT2D eigenvalue weighted by Crippen LogP contribution is 2.39. The largest absolute Gasteiger partial charge is 0.619 e. The third kappa shape index (κ3) is 3.43. The number of aryl methyl sites for hydroxylation is 1. The fourth-order valence-corrected chi connectivity index (χ4v) is 4.06. The van der Waals surface area contributed by atoms with Crippen LogP contribution in [0.5, 0.6) is 5.75 Å². The van der Waals surface area contributed by atoms with Gasteiger partial charge in [-0.2, -0.15) is 4.73 Å². The van der Waals surface area contributed by atoms with Crippen molar-refractivity contribution in [1.82, 2.24) is 0 Å². The van der Waals surface area contributed by atoms with Crippen LogP contribution in [0.15, 0.2) is 47.1 Å². The second-order valence-corrected chi connectivity index (χ2v) is 7.28. The molecule has 0 saturated carbocycles. The monoisotopic (exact) mass is 432 g/mol. The minimum atomic E-state index is -0.445. The van der Waals surface area contributed by atoms with Crippen LogP contribution >= 0.6 is 23.2 Å². The van der Waals surface area contributed by atoms with Crippen molar-refractivity contribution in [3.05, 3.63) is 79.2 Å². The summed E-state index contributed by atoms with van der Waals surface area (Å²) in [5, 5.41) is 24.6. The highest BCUT2D eigenvalue weighted by molar-refractivity contribution is 6.35. The molecule has 2 heterocycles. The van der Waals surface area contributed by atoms with Crippen LogP contribution in [0.25, 0.3) is 21.9 Å². The van der Waals surface area contributed by atoms with Gasteiger partial charge in [-0.1, -0.05) is 29.3 Å². The Bertz CT molecular complexity index is 1250. The Morgan fingerprint density at radius 2 is 1.86 bits per heavy atom. The Labute approximate surface area is 174 Å². The molecule has 0 saturated heterocycles. The molecule has 0 spiro atoms. The predicted octanol–water partition coefficient (Wildman–Crippen LogP) is 5.23. The van der Waals surface area contributed by atoms with Gasteiger partial charge in [-0.05, 0) is 30.5 Å². The quantitative estimate of drug-likeness (QED) is 0.186. The number of fused-ring (bicyclic) bond motifs is 3. The predicted molar refractivity (Wildman–Crippen MR) is 110 cm³/mol. The lowest BCUT2D eigenvalue weighted by Crippen LogP contribution is -2.25. The lowest BCUT2D eigenvalue weighted by molar-refractivity contribution is -0.605. The van der Waals surface area contributed by atoms with Gasteiger partial charge in [-0.15, -0.1) is 0 Å². The Hall–Kier alpha value is -3.03. The minimum absolute atomic E-state index is 0.0249. The molecule has 2 aromatic carbocycles. The Morgan fingerprint density at radius 1 is 1.14 bits per heavy atom. The van der Waals surface area contributed by atoms with Crippen molar-refractivity contribution in [1.29, 1.82) is 0 Å². The number of benzene rings is 2. The molecule has 0 aliphatic carbocycles. The molecular weight excluding hydrogens is 419 g/mol. The molecule has 0 N–H and O–H groups in total. The average Bonchev–Trinajstić information content (AvgIpc) is 3.06. The molecule has 148 valence electrons. The van der Waals surface area contributed by atoms with Crippen molar-refractivity contribution in [2.75, 3.05) is 7.11 Å². The molecule has 29 heavy (non-hydrogen) atoms. The van der Waals surface area contributed by atoms with Gasteiger partial charge in [0, 0.05) is 28.5 Å². The number of hydrogen-bond donors (Lipinski definition) is 0. The lowest BCUT2D eigenvalue weighted by atomic mass is 9.99. The van der Waals surface area contributed by atoms with Crippen molar-refractivity contribution < 1.29 is 18.8 Å². The number of nitrogens with zero attached hydrogens (tertiary/aromatic N) is 2. The zero-order valence-electron chi connectivity index (χ0n) is 15.1. The lowest BCUT2D eigenvalue weighted by Gasteiger charge is -2.09. The maximum atomic E-state index is 11.4. The summed E-state index contributed by atoms with van der Waals surface area (Å²) in [6, 6.07) is 8.14. The van der Waals surface area contributed by atoms with E-state index in [2.05, 4.69) is 0 Å². The molecule has 0 radical (unpaired) electrons. The van der Waals surface area contributed by atoms with Crippen molar-refractivity contribution in [2.45, 2.75) is 12.8 Å². The number of non-ortho nitro benzene ring substituents is 1. The van der Waals surface area contributed by atoms with Crippen LogP contribution in [0.1, 0.15) is 11.1 Å². The second kappa shape index (κ2) is 7.42. The van der Waals surface area contributed by atoms with Crippen LogP contribution < -0.4 is 9.47 Å². The van der Waals surface area contributed by atoms with E-state index < -0.39 is 4.92 Å². The zero-order valence-corrected chi connectivity index (χ0v) is 16.7. The highest BCUT2D eigenvalue weighted by Gasteiger charge is 2.19. The number of furan rings is 1. The van der Waals surface area contributed by atoms with Gasteiger partial charge in [-0.25, -0.2) is 0 Å². The fourth-order valence-electron chi connectivity index (χ4n) is 3.42. The summed E-state index contributed by atoms with van der Waals surface area (Å²) in [6.07, 6.45) is 3.51. The molecule has 7 nitrogen and oxygen atoms in total. The fraction of sp³-hybridized carbons (Fsp3) is 0.150. The summed E-state index contributed by atoms with van der Waals surface area (Å²) in [7, 11) is 1.53. The number of nitro benzene ring substituents is 1. The van der Waals surface area contributed by atoms with Gasteiger partial charge in [0.15, 0.2) is 23.7 Å². The van der Waals surface area contributed by atoms with Gasteiger partial charge in [0.05, 0.1) is 12.0 Å². The third-order valence-corrected chi connectivity index (χ3v) is 5.44. The Kier molecular flexibility index (Phi) is 4.94. The van der Waals surface area contributed by atoms with Crippen LogP contribution in [0.3, 0.4) is 0 Å². The number of nitro groups is 1. The van der Waals surface area contributed by atoms with E-state index in [9.17, 15) is 15.3 Å². The molecule has 4 rings (SSSR count). The van der Waals surface area contributed by atoms with E-state index in [1.807, 2.05) is 6.07 Å². The highest BCUT2D eigenvalue weighted by atomic mass is 35.5. The number of halogens is 2. The van der Waals surface area contributed by atoms with Gasteiger partial charge in [0.25, 0.3) is 5.69 Å². The third-order valence-electron chi connectivity index (χ3n) is 4.79. The van der Waals surface area contributed by atoms with Gasteiger partial charge in [0.2, 0.25) is 0 Å². The first-order valence-corrected chi connectivity index (χ1v) is 9.38. The smallest absolute Gasteiger partial charge is 0.270 e. The van der Waals surface area contributed by atoms with E-state index in [0.29, 0.717) is 45.4 Å². The van der Waals surface area contributed by atoms with Crippen LogP contribution in [0.2, 0.25) is 10.0 Å². The minimum Gasteiger partial charge on any atom is -0.619 e. The molecule has 0 bridgehead atoms.